The molecule has 0 aliphatic carbocycles. The summed E-state index contributed by atoms with van der Waals surface area (Å²) >= 11 is 3.59. The van der Waals surface area contributed by atoms with E-state index in [1.165, 1.54) is 11.1 Å². The molecule has 106 valence electrons. The molecule has 0 atom stereocenters. The van der Waals surface area contributed by atoms with E-state index in [1.54, 1.807) is 0 Å². The van der Waals surface area contributed by atoms with Crippen LogP contribution in [0.5, 0.6) is 0 Å². The molecule has 0 bridgehead atoms. The van der Waals surface area contributed by atoms with Crippen molar-refractivity contribution in [3.05, 3.63) is 39.5 Å². The van der Waals surface area contributed by atoms with Gasteiger partial charge in [0.2, 0.25) is 0 Å². The van der Waals surface area contributed by atoms with Gasteiger partial charge in [-0.15, -0.1) is 0 Å². The standard InChI is InChI=1S/C16H20BrN3/c1-5-6-13-14(17)16(18-4)20-15(19-13)12-8-10(2)7-11(3)9-12/h7-9H,5-6H2,1-4H3,(H,18,19,20). The van der Waals surface area contributed by atoms with Crippen LogP contribution in [0.4, 0.5) is 5.82 Å². The van der Waals surface area contributed by atoms with Crippen molar-refractivity contribution in [2.24, 2.45) is 0 Å². The van der Waals surface area contributed by atoms with Crippen LogP contribution in [0.25, 0.3) is 11.4 Å². The largest absolute Gasteiger partial charge is 0.372 e. The lowest BCUT2D eigenvalue weighted by Crippen LogP contribution is -2.03. The summed E-state index contributed by atoms with van der Waals surface area (Å²) in [6, 6.07) is 6.42. The number of rotatable bonds is 4. The first-order valence-electron chi connectivity index (χ1n) is 6.88. The maximum Gasteiger partial charge on any atom is 0.161 e. The normalized spacial score (nSPS) is 10.7. The molecule has 2 rings (SSSR count). The Morgan fingerprint density at radius 3 is 2.30 bits per heavy atom. The van der Waals surface area contributed by atoms with Crippen LogP contribution >= 0.6 is 15.9 Å². The van der Waals surface area contributed by atoms with Crippen molar-refractivity contribution in [2.75, 3.05) is 12.4 Å². The average Bonchev–Trinajstić information content (AvgIpc) is 2.40. The van der Waals surface area contributed by atoms with E-state index < -0.39 is 0 Å². The van der Waals surface area contributed by atoms with E-state index >= 15 is 0 Å². The Labute approximate surface area is 129 Å². The van der Waals surface area contributed by atoms with Crippen LogP contribution in [0.2, 0.25) is 0 Å². The maximum absolute atomic E-state index is 4.73. The third-order valence-electron chi connectivity index (χ3n) is 3.12. The minimum Gasteiger partial charge on any atom is -0.372 e. The summed E-state index contributed by atoms with van der Waals surface area (Å²) in [5.41, 5.74) is 4.59. The van der Waals surface area contributed by atoms with E-state index in [9.17, 15) is 0 Å². The second-order valence-electron chi connectivity index (χ2n) is 5.03. The number of nitrogens with zero attached hydrogens (tertiary/aromatic N) is 2. The summed E-state index contributed by atoms with van der Waals surface area (Å²) in [7, 11) is 1.88. The van der Waals surface area contributed by atoms with E-state index in [1.807, 2.05) is 7.05 Å². The van der Waals surface area contributed by atoms with Crippen molar-refractivity contribution in [1.82, 2.24) is 9.97 Å². The fraction of sp³-hybridized carbons (Fsp3) is 0.375. The second-order valence-corrected chi connectivity index (χ2v) is 5.83. The van der Waals surface area contributed by atoms with Gasteiger partial charge in [0.1, 0.15) is 5.82 Å². The summed E-state index contributed by atoms with van der Waals surface area (Å²) in [4.78, 5) is 9.34. The predicted octanol–water partition coefficient (Wildman–Crippen LogP) is 4.52. The minimum absolute atomic E-state index is 0.785. The lowest BCUT2D eigenvalue weighted by atomic mass is 10.1. The molecule has 0 unspecified atom stereocenters. The number of benzene rings is 1. The Morgan fingerprint density at radius 2 is 1.75 bits per heavy atom. The summed E-state index contributed by atoms with van der Waals surface area (Å²) in [5.74, 6) is 1.63. The smallest absolute Gasteiger partial charge is 0.161 e. The van der Waals surface area contributed by atoms with E-state index in [2.05, 4.69) is 65.2 Å². The molecular weight excluding hydrogens is 314 g/mol. The number of aryl methyl sites for hydroxylation is 3. The van der Waals surface area contributed by atoms with E-state index in [0.717, 1.165) is 40.2 Å². The van der Waals surface area contributed by atoms with Crippen molar-refractivity contribution in [2.45, 2.75) is 33.6 Å². The van der Waals surface area contributed by atoms with Gasteiger partial charge in [0.25, 0.3) is 0 Å². The highest BCUT2D eigenvalue weighted by Gasteiger charge is 2.12. The predicted molar refractivity (Wildman–Crippen MR) is 88.2 cm³/mol. The molecule has 0 saturated carbocycles. The highest BCUT2D eigenvalue weighted by atomic mass is 79.9. The zero-order valence-corrected chi connectivity index (χ0v) is 14.0. The van der Waals surface area contributed by atoms with Crippen LogP contribution in [0, 0.1) is 13.8 Å². The molecule has 0 amide bonds. The highest BCUT2D eigenvalue weighted by molar-refractivity contribution is 9.10. The van der Waals surface area contributed by atoms with Crippen LogP contribution in [0.15, 0.2) is 22.7 Å². The van der Waals surface area contributed by atoms with Crippen molar-refractivity contribution >= 4 is 21.7 Å². The van der Waals surface area contributed by atoms with Crippen molar-refractivity contribution in [1.29, 1.82) is 0 Å². The molecule has 1 heterocycles. The lowest BCUT2D eigenvalue weighted by Gasteiger charge is -2.11. The van der Waals surface area contributed by atoms with Gasteiger partial charge in [-0.3, -0.25) is 0 Å². The maximum atomic E-state index is 4.73. The van der Waals surface area contributed by atoms with Crippen LogP contribution in [0.1, 0.15) is 30.2 Å². The van der Waals surface area contributed by atoms with Crippen LogP contribution in [-0.4, -0.2) is 17.0 Å². The first-order chi connectivity index (χ1) is 9.55. The Bertz CT molecular complexity index is 603. The number of hydrogen-bond donors (Lipinski definition) is 1. The van der Waals surface area contributed by atoms with Gasteiger partial charge in [-0.05, 0) is 48.3 Å². The van der Waals surface area contributed by atoms with Gasteiger partial charge in [-0.1, -0.05) is 30.5 Å². The zero-order valence-electron chi connectivity index (χ0n) is 12.4. The summed E-state index contributed by atoms with van der Waals surface area (Å²) in [6.07, 6.45) is 2.00. The van der Waals surface area contributed by atoms with Gasteiger partial charge in [-0.25, -0.2) is 9.97 Å². The number of hydrogen-bond acceptors (Lipinski definition) is 3. The second kappa shape index (κ2) is 6.35. The quantitative estimate of drug-likeness (QED) is 0.893. The Balaban J connectivity index is 2.58. The number of halogens is 1. The summed E-state index contributed by atoms with van der Waals surface area (Å²) in [5, 5.41) is 3.14. The Hall–Kier alpha value is -1.42. The molecule has 0 radical (unpaired) electrons. The molecule has 1 N–H and O–H groups in total. The fourth-order valence-electron chi connectivity index (χ4n) is 2.29. The molecule has 20 heavy (non-hydrogen) atoms. The Morgan fingerprint density at radius 1 is 1.10 bits per heavy atom. The molecule has 0 fully saturated rings. The van der Waals surface area contributed by atoms with Gasteiger partial charge in [0, 0.05) is 12.6 Å². The Kier molecular flexibility index (Phi) is 4.76. The lowest BCUT2D eigenvalue weighted by molar-refractivity contribution is 0.869. The molecule has 4 heteroatoms. The minimum atomic E-state index is 0.785. The van der Waals surface area contributed by atoms with E-state index in [-0.39, 0.29) is 0 Å². The average molecular weight is 334 g/mol. The van der Waals surface area contributed by atoms with E-state index in [0.29, 0.717) is 0 Å². The molecule has 0 aliphatic rings. The van der Waals surface area contributed by atoms with Gasteiger partial charge < -0.3 is 5.32 Å². The first-order valence-corrected chi connectivity index (χ1v) is 7.67. The van der Waals surface area contributed by atoms with Crippen molar-refractivity contribution in [3.8, 4) is 11.4 Å². The van der Waals surface area contributed by atoms with Gasteiger partial charge >= 0.3 is 0 Å². The zero-order chi connectivity index (χ0) is 14.7. The van der Waals surface area contributed by atoms with Crippen molar-refractivity contribution < 1.29 is 0 Å². The summed E-state index contributed by atoms with van der Waals surface area (Å²) in [6.45, 7) is 6.35. The topological polar surface area (TPSA) is 37.8 Å². The molecule has 0 spiro atoms. The fourth-order valence-corrected chi connectivity index (χ4v) is 2.87. The number of nitrogens with one attached hydrogen (secondary N) is 1. The number of aromatic nitrogens is 2. The van der Waals surface area contributed by atoms with Crippen LogP contribution in [-0.2, 0) is 6.42 Å². The van der Waals surface area contributed by atoms with Crippen molar-refractivity contribution in [3.63, 3.8) is 0 Å². The van der Waals surface area contributed by atoms with Gasteiger partial charge in [0.15, 0.2) is 5.82 Å². The SMILES string of the molecule is CCCc1nc(-c2cc(C)cc(C)c2)nc(NC)c1Br. The van der Waals surface area contributed by atoms with Crippen LogP contribution in [0.3, 0.4) is 0 Å². The van der Waals surface area contributed by atoms with Crippen LogP contribution < -0.4 is 5.32 Å². The molecule has 1 aromatic heterocycles. The molecule has 3 nitrogen and oxygen atoms in total. The molecular formula is C16H20BrN3. The third-order valence-corrected chi connectivity index (χ3v) is 3.96. The van der Waals surface area contributed by atoms with E-state index in [4.69, 9.17) is 4.98 Å². The van der Waals surface area contributed by atoms with Gasteiger partial charge in [0.05, 0.1) is 10.2 Å². The van der Waals surface area contributed by atoms with Gasteiger partial charge in [-0.2, -0.15) is 0 Å². The molecule has 0 saturated heterocycles. The monoisotopic (exact) mass is 333 g/mol. The molecule has 2 aromatic rings. The highest BCUT2D eigenvalue weighted by Crippen LogP contribution is 2.28. The molecule has 1 aromatic carbocycles. The third kappa shape index (κ3) is 3.18. The number of anilines is 1. The summed E-state index contributed by atoms with van der Waals surface area (Å²) < 4.78 is 0.968. The molecule has 0 aliphatic heterocycles. The first kappa shape index (κ1) is 15.0.